The van der Waals surface area contributed by atoms with Gasteiger partial charge >= 0.3 is 5.97 Å². The Hall–Kier alpha value is -2.72. The fraction of sp³-hybridized carbons (Fsp3) is 0.118. The van der Waals surface area contributed by atoms with E-state index in [1.807, 2.05) is 24.3 Å². The molecular formula is C17H14BrN5O3S. The summed E-state index contributed by atoms with van der Waals surface area (Å²) >= 11 is 4.56. The molecule has 0 aliphatic heterocycles. The van der Waals surface area contributed by atoms with Crippen LogP contribution in [0, 0.1) is 0 Å². The predicted octanol–water partition coefficient (Wildman–Crippen LogP) is 2.94. The van der Waals surface area contributed by atoms with Crippen molar-refractivity contribution in [3.8, 4) is 5.69 Å². The number of aromatic nitrogens is 4. The number of ether oxygens (including phenoxy) is 1. The lowest BCUT2D eigenvalue weighted by Gasteiger charge is -2.09. The lowest BCUT2D eigenvalue weighted by molar-refractivity contribution is -0.113. The number of esters is 1. The number of anilines is 1. The number of amides is 1. The Balaban J connectivity index is 1.67. The van der Waals surface area contributed by atoms with E-state index in [-0.39, 0.29) is 17.2 Å². The number of benzene rings is 2. The monoisotopic (exact) mass is 447 g/mol. The fourth-order valence-corrected chi connectivity index (χ4v) is 3.16. The van der Waals surface area contributed by atoms with Crippen molar-refractivity contribution in [2.45, 2.75) is 5.16 Å². The summed E-state index contributed by atoms with van der Waals surface area (Å²) < 4.78 is 7.21. The van der Waals surface area contributed by atoms with E-state index >= 15 is 0 Å². The summed E-state index contributed by atoms with van der Waals surface area (Å²) in [6.45, 7) is 0. The lowest BCUT2D eigenvalue weighted by atomic mass is 10.2. The smallest absolute Gasteiger partial charge is 0.339 e. The van der Waals surface area contributed by atoms with Gasteiger partial charge in [-0.25, -0.2) is 4.79 Å². The van der Waals surface area contributed by atoms with Crippen molar-refractivity contribution in [3.05, 3.63) is 58.6 Å². The second kappa shape index (κ2) is 8.78. The van der Waals surface area contributed by atoms with E-state index in [2.05, 4.69) is 36.8 Å². The molecule has 27 heavy (non-hydrogen) atoms. The summed E-state index contributed by atoms with van der Waals surface area (Å²) in [5.74, 6) is -0.730. The van der Waals surface area contributed by atoms with Crippen LogP contribution in [0.4, 0.5) is 5.69 Å². The highest BCUT2D eigenvalue weighted by Gasteiger charge is 2.15. The maximum absolute atomic E-state index is 12.3. The van der Waals surface area contributed by atoms with Crippen LogP contribution in [0.5, 0.6) is 0 Å². The Bertz CT molecular complexity index is 961. The minimum atomic E-state index is -0.516. The van der Waals surface area contributed by atoms with Gasteiger partial charge in [0, 0.05) is 4.47 Å². The molecule has 0 bridgehead atoms. The molecule has 0 spiro atoms. The fourth-order valence-electron chi connectivity index (χ4n) is 2.21. The predicted molar refractivity (Wildman–Crippen MR) is 104 cm³/mol. The number of nitrogens with one attached hydrogen (secondary N) is 1. The van der Waals surface area contributed by atoms with E-state index in [0.717, 1.165) is 10.2 Å². The highest BCUT2D eigenvalue weighted by Crippen LogP contribution is 2.21. The number of methoxy groups -OCH3 is 1. The van der Waals surface area contributed by atoms with Crippen molar-refractivity contribution in [2.75, 3.05) is 18.2 Å². The van der Waals surface area contributed by atoms with Gasteiger partial charge in [-0.1, -0.05) is 39.8 Å². The molecule has 0 unspecified atom stereocenters. The summed E-state index contributed by atoms with van der Waals surface area (Å²) in [4.78, 5) is 24.1. The average Bonchev–Trinajstić information content (AvgIpc) is 3.15. The van der Waals surface area contributed by atoms with Crippen molar-refractivity contribution in [1.82, 2.24) is 20.2 Å². The number of thioether (sulfide) groups is 1. The van der Waals surface area contributed by atoms with Crippen molar-refractivity contribution in [3.63, 3.8) is 0 Å². The molecular weight excluding hydrogens is 434 g/mol. The zero-order chi connectivity index (χ0) is 19.2. The maximum atomic E-state index is 12.3. The Kier molecular flexibility index (Phi) is 6.20. The van der Waals surface area contributed by atoms with Crippen LogP contribution in [0.25, 0.3) is 5.69 Å². The third kappa shape index (κ3) is 4.72. The molecule has 10 heteroatoms. The molecule has 3 aromatic rings. The molecule has 0 saturated carbocycles. The molecule has 0 fully saturated rings. The molecule has 1 heterocycles. The van der Waals surface area contributed by atoms with Crippen LogP contribution in [0.2, 0.25) is 0 Å². The Morgan fingerprint density at radius 1 is 1.19 bits per heavy atom. The van der Waals surface area contributed by atoms with Crippen molar-refractivity contribution in [1.29, 1.82) is 0 Å². The van der Waals surface area contributed by atoms with Crippen LogP contribution < -0.4 is 5.32 Å². The van der Waals surface area contributed by atoms with Crippen LogP contribution in [0.15, 0.2) is 58.2 Å². The van der Waals surface area contributed by atoms with Gasteiger partial charge in [-0.3, -0.25) is 4.79 Å². The lowest BCUT2D eigenvalue weighted by Crippen LogP contribution is -2.17. The largest absolute Gasteiger partial charge is 0.465 e. The van der Waals surface area contributed by atoms with Gasteiger partial charge in [0.2, 0.25) is 11.1 Å². The number of hydrogen-bond donors (Lipinski definition) is 1. The van der Waals surface area contributed by atoms with E-state index in [1.165, 1.54) is 18.9 Å². The Labute approximate surface area is 167 Å². The second-order valence-corrected chi connectivity index (χ2v) is 7.08. The molecule has 3 rings (SSSR count). The van der Waals surface area contributed by atoms with Crippen LogP contribution in [-0.4, -0.2) is 44.9 Å². The number of tetrazole rings is 1. The SMILES string of the molecule is COC(=O)c1ccccc1NC(=O)CSc1nnnn1-c1ccc(Br)cc1. The molecule has 0 aliphatic carbocycles. The third-order valence-corrected chi connectivity index (χ3v) is 4.90. The summed E-state index contributed by atoms with van der Waals surface area (Å²) in [7, 11) is 1.29. The molecule has 0 saturated heterocycles. The molecule has 1 N–H and O–H groups in total. The first-order chi connectivity index (χ1) is 13.1. The number of rotatable bonds is 6. The van der Waals surface area contributed by atoms with Crippen molar-refractivity contribution >= 4 is 45.3 Å². The number of hydrogen-bond acceptors (Lipinski definition) is 7. The number of nitrogens with zero attached hydrogens (tertiary/aromatic N) is 4. The van der Waals surface area contributed by atoms with Crippen molar-refractivity contribution in [2.24, 2.45) is 0 Å². The van der Waals surface area contributed by atoms with Gasteiger partial charge < -0.3 is 10.1 Å². The first-order valence-electron chi connectivity index (χ1n) is 7.73. The normalized spacial score (nSPS) is 10.4. The quantitative estimate of drug-likeness (QED) is 0.457. The number of para-hydroxylation sites is 1. The van der Waals surface area contributed by atoms with E-state index in [0.29, 0.717) is 10.8 Å². The summed E-state index contributed by atoms with van der Waals surface area (Å²) in [6, 6.07) is 14.1. The van der Waals surface area contributed by atoms with Gasteiger partial charge in [0.15, 0.2) is 0 Å². The third-order valence-electron chi connectivity index (χ3n) is 3.45. The minimum absolute atomic E-state index is 0.0758. The molecule has 0 aliphatic rings. The van der Waals surface area contributed by atoms with Crippen molar-refractivity contribution < 1.29 is 14.3 Å². The van der Waals surface area contributed by atoms with Crippen LogP contribution >= 0.6 is 27.7 Å². The first-order valence-corrected chi connectivity index (χ1v) is 9.50. The second-order valence-electron chi connectivity index (χ2n) is 5.22. The van der Waals surface area contributed by atoms with Gasteiger partial charge in [0.25, 0.3) is 0 Å². The average molecular weight is 448 g/mol. The standard InChI is InChI=1S/C17H14BrN5O3S/c1-26-16(25)13-4-2-3-5-14(13)19-15(24)10-27-17-20-21-22-23(17)12-8-6-11(18)7-9-12/h2-9H,10H2,1H3,(H,19,24). The van der Waals surface area contributed by atoms with Gasteiger partial charge in [-0.2, -0.15) is 4.68 Å². The highest BCUT2D eigenvalue weighted by atomic mass is 79.9. The molecule has 2 aromatic carbocycles. The van der Waals surface area contributed by atoms with Crippen LogP contribution in [0.3, 0.4) is 0 Å². The van der Waals surface area contributed by atoms with Gasteiger partial charge in [-0.15, -0.1) is 5.10 Å². The van der Waals surface area contributed by atoms with Gasteiger partial charge in [0.1, 0.15) is 0 Å². The van der Waals surface area contributed by atoms with Crippen LogP contribution in [0.1, 0.15) is 10.4 Å². The van der Waals surface area contributed by atoms with E-state index in [1.54, 1.807) is 28.9 Å². The topological polar surface area (TPSA) is 99.0 Å². The molecule has 1 aromatic heterocycles. The van der Waals surface area contributed by atoms with E-state index in [9.17, 15) is 9.59 Å². The van der Waals surface area contributed by atoms with Gasteiger partial charge in [-0.05, 0) is 46.8 Å². The molecule has 1 amide bonds. The Morgan fingerprint density at radius 3 is 2.67 bits per heavy atom. The highest BCUT2D eigenvalue weighted by molar-refractivity contribution is 9.10. The molecule has 138 valence electrons. The number of carbonyl (C=O) groups excluding carboxylic acids is 2. The molecule has 8 nitrogen and oxygen atoms in total. The molecule has 0 atom stereocenters. The first kappa shape index (κ1) is 19.1. The molecule has 0 radical (unpaired) electrons. The summed E-state index contributed by atoms with van der Waals surface area (Å²) in [5, 5.41) is 14.8. The number of carbonyl (C=O) groups is 2. The Morgan fingerprint density at radius 2 is 1.93 bits per heavy atom. The van der Waals surface area contributed by atoms with E-state index in [4.69, 9.17) is 4.74 Å². The zero-order valence-electron chi connectivity index (χ0n) is 14.1. The minimum Gasteiger partial charge on any atom is -0.465 e. The maximum Gasteiger partial charge on any atom is 0.339 e. The van der Waals surface area contributed by atoms with Gasteiger partial charge in [0.05, 0.1) is 29.8 Å². The summed E-state index contributed by atoms with van der Waals surface area (Å²) in [6.07, 6.45) is 0. The zero-order valence-corrected chi connectivity index (χ0v) is 16.5. The van der Waals surface area contributed by atoms with E-state index < -0.39 is 5.97 Å². The number of halogens is 1. The summed E-state index contributed by atoms with van der Waals surface area (Å²) in [5.41, 5.74) is 1.46. The van der Waals surface area contributed by atoms with Crippen LogP contribution in [-0.2, 0) is 9.53 Å².